The Morgan fingerprint density at radius 3 is 2.00 bits per heavy atom. The normalized spacial score (nSPS) is 14.4. The molecule has 47 heavy (non-hydrogen) atoms. The second-order valence-corrected chi connectivity index (χ2v) is 14.9. The molecule has 0 heterocycles. The highest BCUT2D eigenvalue weighted by Crippen LogP contribution is 2.27. The second kappa shape index (κ2) is 23.6. The Labute approximate surface area is 283 Å². The molecule has 1 rings (SSSR count). The maximum atomic E-state index is 13.6. The minimum absolute atomic E-state index is 0.135. The molecule has 0 fully saturated rings. The zero-order valence-corrected chi connectivity index (χ0v) is 30.1. The number of nitrogens with one attached hydrogen (secondary N) is 1. The number of rotatable bonds is 28. The van der Waals surface area contributed by atoms with Gasteiger partial charge in [0, 0.05) is 6.42 Å². The molecule has 0 unspecified atom stereocenters. The van der Waals surface area contributed by atoms with Gasteiger partial charge in [-0.05, 0) is 62.6 Å². The number of benzene rings is 1. The number of hydrogen-bond donors (Lipinski definition) is 3. The lowest BCUT2D eigenvalue weighted by atomic mass is 9.82. The molecule has 0 spiro atoms. The molecule has 0 radical (unpaired) electrons. The van der Waals surface area contributed by atoms with Gasteiger partial charge in [-0.15, -0.1) is 0 Å². The zero-order chi connectivity index (χ0) is 35.1. The summed E-state index contributed by atoms with van der Waals surface area (Å²) in [5, 5.41) is 23.9. The van der Waals surface area contributed by atoms with Crippen LogP contribution in [0.1, 0.15) is 130 Å². The Bertz CT molecular complexity index is 1180. The Morgan fingerprint density at radius 2 is 1.45 bits per heavy atom. The molecule has 0 bridgehead atoms. The van der Waals surface area contributed by atoms with Crippen molar-refractivity contribution >= 4 is 27.5 Å². The van der Waals surface area contributed by atoms with Crippen LogP contribution in [0.5, 0.6) is 5.75 Å². The van der Waals surface area contributed by atoms with Crippen LogP contribution in [-0.4, -0.2) is 66.0 Å². The van der Waals surface area contributed by atoms with Crippen molar-refractivity contribution in [2.45, 2.75) is 142 Å². The third-order valence-corrected chi connectivity index (χ3v) is 10.3. The van der Waals surface area contributed by atoms with E-state index in [1.807, 2.05) is 24.3 Å². The number of Topliss-reactive ketones (excluding diaryl/α,β-unsaturated/α-hetero) is 1. The van der Waals surface area contributed by atoms with Crippen molar-refractivity contribution in [1.29, 1.82) is 0 Å². The predicted octanol–water partition coefficient (Wildman–Crippen LogP) is 7.00. The molecule has 9 nitrogen and oxygen atoms in total. The fourth-order valence-corrected chi connectivity index (χ4v) is 6.97. The highest BCUT2D eigenvalue weighted by molar-refractivity contribution is 7.91. The van der Waals surface area contributed by atoms with Gasteiger partial charge in [-0.1, -0.05) is 103 Å². The van der Waals surface area contributed by atoms with Gasteiger partial charge in [0.2, 0.25) is 5.91 Å². The Balaban J connectivity index is 2.84. The molecule has 0 aliphatic carbocycles. The third kappa shape index (κ3) is 16.8. The largest absolute Gasteiger partial charge is 0.494 e. The van der Waals surface area contributed by atoms with E-state index in [-0.39, 0.29) is 36.6 Å². The van der Waals surface area contributed by atoms with Gasteiger partial charge in [0.05, 0.1) is 30.1 Å². The van der Waals surface area contributed by atoms with Crippen LogP contribution in [0.2, 0.25) is 0 Å². The van der Waals surface area contributed by atoms with Gasteiger partial charge >= 0.3 is 5.97 Å². The van der Waals surface area contributed by atoms with Crippen LogP contribution in [0, 0.1) is 5.92 Å². The average molecular weight is 680 g/mol. The van der Waals surface area contributed by atoms with E-state index in [1.165, 1.54) is 6.08 Å². The average Bonchev–Trinajstić information content (AvgIpc) is 3.04. The van der Waals surface area contributed by atoms with Crippen molar-refractivity contribution in [2.24, 2.45) is 5.92 Å². The van der Waals surface area contributed by atoms with E-state index < -0.39 is 39.3 Å². The summed E-state index contributed by atoms with van der Waals surface area (Å²) in [6, 6.07) is 6.45. The van der Waals surface area contributed by atoms with Gasteiger partial charge < -0.3 is 20.3 Å². The number of carbonyl (C=O) groups excluding carboxylic acids is 2. The molecular weight excluding hydrogens is 618 g/mol. The highest BCUT2D eigenvalue weighted by atomic mass is 32.2. The molecule has 3 N–H and O–H groups in total. The number of aliphatic hydroxyl groups is 1. The number of unbranched alkanes of at least 4 members (excludes halogenated alkanes) is 9. The molecule has 3 atom stereocenters. The molecule has 268 valence electrons. The smallest absolute Gasteiger partial charge is 0.336 e. The Kier molecular flexibility index (Phi) is 21.2. The number of allylic oxidation sites excluding steroid dienone is 1. The predicted molar refractivity (Wildman–Crippen MR) is 188 cm³/mol. The minimum Gasteiger partial charge on any atom is -0.494 e. The van der Waals surface area contributed by atoms with Crippen molar-refractivity contribution in [3.63, 3.8) is 0 Å². The fraction of sp³-hybridized carbons (Fsp3) is 0.703. The maximum absolute atomic E-state index is 13.6. The quantitative estimate of drug-likeness (QED) is 0.0634. The summed E-state index contributed by atoms with van der Waals surface area (Å²) in [7, 11) is -3.03. The number of carboxylic acids is 1. The molecule has 0 saturated heterocycles. The third-order valence-electron chi connectivity index (χ3n) is 8.45. The van der Waals surface area contributed by atoms with E-state index in [2.05, 4.69) is 19.2 Å². The SMILES string of the molecule is CCCCCCCS(=O)(=O)CCCCCC/C=C/[C@H](C(=O)N[C@@H](Cc1ccc(OCCCC)cc1)C(=O)CC)[C@@](O)(CCC)C(=O)O. The number of hydrogen-bond acceptors (Lipinski definition) is 7. The van der Waals surface area contributed by atoms with Crippen molar-refractivity contribution < 1.29 is 37.8 Å². The van der Waals surface area contributed by atoms with Crippen LogP contribution in [0.25, 0.3) is 0 Å². The van der Waals surface area contributed by atoms with Gasteiger partial charge in [0.25, 0.3) is 0 Å². The molecule has 0 aliphatic heterocycles. The van der Waals surface area contributed by atoms with Crippen molar-refractivity contribution in [3.05, 3.63) is 42.0 Å². The summed E-state index contributed by atoms with van der Waals surface area (Å²) < 4.78 is 30.3. The molecule has 1 aromatic rings. The van der Waals surface area contributed by atoms with Gasteiger partial charge in [0.1, 0.15) is 15.6 Å². The van der Waals surface area contributed by atoms with E-state index in [0.29, 0.717) is 25.9 Å². The first kappa shape index (κ1) is 42.3. The van der Waals surface area contributed by atoms with Crippen LogP contribution in [-0.2, 0) is 30.6 Å². The minimum atomic E-state index is -3.03. The van der Waals surface area contributed by atoms with Crippen LogP contribution in [0.4, 0.5) is 0 Å². The standard InChI is InChI=1S/C37H61NO8S/c1-5-9-11-15-18-27-47(44,45)28-19-16-13-12-14-17-20-32(37(43,25-7-3)36(41)42)35(40)38-33(34(39)8-4)29-30-21-23-31(24-22-30)46-26-10-6-2/h17,20-24,32-33,43H,5-16,18-19,25-29H2,1-4H3,(H,38,40)(H,41,42)/b20-17+/t32-,33+,37+/m1/s1. The Hall–Kier alpha value is -2.72. The number of sulfone groups is 1. The van der Waals surface area contributed by atoms with Crippen molar-refractivity contribution in [1.82, 2.24) is 5.32 Å². The number of ketones is 1. The van der Waals surface area contributed by atoms with E-state index in [9.17, 15) is 33.0 Å². The maximum Gasteiger partial charge on any atom is 0.336 e. The van der Waals surface area contributed by atoms with Crippen LogP contribution in [0.15, 0.2) is 36.4 Å². The van der Waals surface area contributed by atoms with Crippen LogP contribution < -0.4 is 10.1 Å². The lowest BCUT2D eigenvalue weighted by molar-refractivity contribution is -0.167. The lowest BCUT2D eigenvalue weighted by Gasteiger charge is -2.31. The van der Waals surface area contributed by atoms with Gasteiger partial charge in [-0.25, -0.2) is 13.2 Å². The monoisotopic (exact) mass is 679 g/mol. The van der Waals surface area contributed by atoms with Crippen molar-refractivity contribution in [3.8, 4) is 5.75 Å². The van der Waals surface area contributed by atoms with E-state index in [1.54, 1.807) is 19.9 Å². The van der Waals surface area contributed by atoms with E-state index in [0.717, 1.165) is 75.5 Å². The summed E-state index contributed by atoms with van der Waals surface area (Å²) >= 11 is 0. The molecule has 10 heteroatoms. The van der Waals surface area contributed by atoms with Gasteiger partial charge in [-0.3, -0.25) is 9.59 Å². The second-order valence-electron chi connectivity index (χ2n) is 12.6. The summed E-state index contributed by atoms with van der Waals surface area (Å²) in [5.41, 5.74) is -1.52. The first-order valence-electron chi connectivity index (χ1n) is 17.8. The topological polar surface area (TPSA) is 147 Å². The molecule has 1 aromatic carbocycles. The molecular formula is C37H61NO8S. The van der Waals surface area contributed by atoms with Gasteiger partial charge in [-0.2, -0.15) is 0 Å². The number of carboxylic acid groups (broad SMARTS) is 1. The molecule has 0 aliphatic rings. The number of ether oxygens (including phenoxy) is 1. The molecule has 1 amide bonds. The fourth-order valence-electron chi connectivity index (χ4n) is 5.48. The zero-order valence-electron chi connectivity index (χ0n) is 29.3. The van der Waals surface area contributed by atoms with E-state index in [4.69, 9.17) is 4.74 Å². The number of amides is 1. The van der Waals surface area contributed by atoms with Gasteiger partial charge in [0.15, 0.2) is 11.4 Å². The van der Waals surface area contributed by atoms with E-state index >= 15 is 0 Å². The summed E-state index contributed by atoms with van der Waals surface area (Å²) in [6.07, 6.45) is 14.2. The number of aliphatic carboxylic acids is 1. The Morgan fingerprint density at radius 1 is 0.851 bits per heavy atom. The summed E-state index contributed by atoms with van der Waals surface area (Å²) in [4.78, 5) is 38.7. The van der Waals surface area contributed by atoms with Crippen molar-refractivity contribution in [2.75, 3.05) is 18.1 Å². The van der Waals surface area contributed by atoms with Crippen LogP contribution >= 0.6 is 0 Å². The van der Waals surface area contributed by atoms with Crippen LogP contribution in [0.3, 0.4) is 0 Å². The highest BCUT2D eigenvalue weighted by Gasteiger charge is 2.46. The summed E-state index contributed by atoms with van der Waals surface area (Å²) in [6.45, 7) is 8.27. The molecule has 0 aromatic heterocycles. The first-order chi connectivity index (χ1) is 22.4. The first-order valence-corrected chi connectivity index (χ1v) is 19.6. The molecule has 0 saturated carbocycles. The number of carbonyl (C=O) groups is 3. The summed E-state index contributed by atoms with van der Waals surface area (Å²) in [5.74, 6) is -2.65. The lowest BCUT2D eigenvalue weighted by Crippen LogP contribution is -2.54.